The molecule has 5 nitrogen and oxygen atoms in total. The van der Waals surface area contributed by atoms with E-state index in [9.17, 15) is 13.6 Å². The molecule has 0 fully saturated rings. The van der Waals surface area contributed by atoms with E-state index < -0.39 is 17.4 Å². The van der Waals surface area contributed by atoms with E-state index in [0.29, 0.717) is 17.4 Å². The second-order valence-electron chi connectivity index (χ2n) is 5.79. The molecule has 0 bridgehead atoms. The van der Waals surface area contributed by atoms with E-state index in [1.807, 2.05) is 18.2 Å². The second-order valence-corrected chi connectivity index (χ2v) is 5.79. The summed E-state index contributed by atoms with van der Waals surface area (Å²) in [6.07, 6.45) is 3.50. The lowest BCUT2D eigenvalue weighted by atomic mass is 10.1. The molecule has 136 valence electrons. The number of aryl methyl sites for hydroxylation is 1. The lowest BCUT2D eigenvalue weighted by molar-refractivity contribution is 0.219. The van der Waals surface area contributed by atoms with Gasteiger partial charge in [-0.3, -0.25) is 0 Å². The summed E-state index contributed by atoms with van der Waals surface area (Å²) in [5.74, 6) is -2.54. The van der Waals surface area contributed by atoms with Gasteiger partial charge in [0.1, 0.15) is 11.5 Å². The maximum atomic E-state index is 13.7. The molecule has 0 saturated heterocycles. The minimum atomic E-state index is -0.909. The van der Waals surface area contributed by atoms with Crippen molar-refractivity contribution < 1.29 is 17.9 Å². The molecular formula is C19H18F2N2O3. The molecule has 7 heteroatoms. The Morgan fingerprint density at radius 3 is 2.62 bits per heavy atom. The van der Waals surface area contributed by atoms with Gasteiger partial charge in [0.15, 0.2) is 5.82 Å². The topological polar surface area (TPSA) is 57.3 Å². The number of hydrogen-bond acceptors (Lipinski definition) is 4. The zero-order chi connectivity index (χ0) is 18.4. The molecule has 3 aromatic rings. The van der Waals surface area contributed by atoms with Crippen LogP contribution in [0.1, 0.15) is 24.8 Å². The highest BCUT2D eigenvalue weighted by atomic mass is 19.1. The van der Waals surface area contributed by atoms with Crippen molar-refractivity contribution in [2.75, 3.05) is 6.61 Å². The van der Waals surface area contributed by atoms with E-state index in [2.05, 4.69) is 17.2 Å². The Morgan fingerprint density at radius 1 is 1.04 bits per heavy atom. The largest absolute Gasteiger partial charge is 0.449 e. The molecule has 1 heterocycles. The molecule has 0 atom stereocenters. The van der Waals surface area contributed by atoms with E-state index >= 15 is 0 Å². The zero-order valence-corrected chi connectivity index (χ0v) is 14.0. The van der Waals surface area contributed by atoms with E-state index in [0.717, 1.165) is 37.8 Å². The third-order valence-electron chi connectivity index (χ3n) is 3.85. The number of aromatic nitrogens is 2. The summed E-state index contributed by atoms with van der Waals surface area (Å²) >= 11 is 0. The molecule has 0 aliphatic carbocycles. The van der Waals surface area contributed by atoms with Gasteiger partial charge in [-0.2, -0.15) is 4.68 Å². The standard InChI is InChI=1S/C19H18F2N2O3/c20-15-10-11-17(16(21)13-15)23-19(24)26-18(22-23)25-12-6-2-5-9-14-7-3-1-4-8-14/h1,3-4,7-8,10-11,13H,2,5-6,9,12H2. The normalized spacial score (nSPS) is 10.8. The fourth-order valence-electron chi connectivity index (χ4n) is 2.54. The molecule has 0 aliphatic heterocycles. The van der Waals surface area contributed by atoms with Crippen molar-refractivity contribution >= 4 is 0 Å². The average molecular weight is 360 g/mol. The lowest BCUT2D eigenvalue weighted by Crippen LogP contribution is -2.15. The molecule has 0 N–H and O–H groups in total. The summed E-state index contributed by atoms with van der Waals surface area (Å²) in [6, 6.07) is 13.0. The highest BCUT2D eigenvalue weighted by Gasteiger charge is 2.15. The maximum absolute atomic E-state index is 13.7. The Kier molecular flexibility index (Phi) is 5.78. The lowest BCUT2D eigenvalue weighted by Gasteiger charge is -2.02. The minimum absolute atomic E-state index is 0.196. The quantitative estimate of drug-likeness (QED) is 0.572. The fourth-order valence-corrected chi connectivity index (χ4v) is 2.54. The first-order valence-electron chi connectivity index (χ1n) is 8.36. The van der Waals surface area contributed by atoms with E-state index in [-0.39, 0.29) is 11.8 Å². The Labute approximate surface area is 148 Å². The van der Waals surface area contributed by atoms with Gasteiger partial charge in [-0.15, -0.1) is 0 Å². The number of unbranched alkanes of at least 4 members (excludes halogenated alkanes) is 2. The molecule has 26 heavy (non-hydrogen) atoms. The monoisotopic (exact) mass is 360 g/mol. The van der Waals surface area contributed by atoms with Crippen molar-refractivity contribution in [1.29, 1.82) is 0 Å². The SMILES string of the molecule is O=c1oc(OCCCCCc2ccccc2)nn1-c1ccc(F)cc1F. The van der Waals surface area contributed by atoms with Crippen LogP contribution in [0.2, 0.25) is 0 Å². The molecule has 3 rings (SSSR count). The maximum Gasteiger partial charge on any atom is 0.444 e. The van der Waals surface area contributed by atoms with Crippen LogP contribution in [0, 0.1) is 11.6 Å². The van der Waals surface area contributed by atoms with Crippen LogP contribution >= 0.6 is 0 Å². The van der Waals surface area contributed by atoms with Crippen molar-refractivity contribution in [3.05, 3.63) is 76.3 Å². The number of ether oxygens (including phenoxy) is 1. The van der Waals surface area contributed by atoms with Gasteiger partial charge in [0.25, 0.3) is 0 Å². The number of nitrogens with zero attached hydrogens (tertiary/aromatic N) is 2. The Morgan fingerprint density at radius 2 is 1.85 bits per heavy atom. The molecule has 0 radical (unpaired) electrons. The van der Waals surface area contributed by atoms with Crippen LogP contribution in [0.15, 0.2) is 57.7 Å². The van der Waals surface area contributed by atoms with Gasteiger partial charge in [-0.1, -0.05) is 35.4 Å². The van der Waals surface area contributed by atoms with Gasteiger partial charge in [0.2, 0.25) is 0 Å². The minimum Gasteiger partial charge on any atom is -0.449 e. The predicted octanol–water partition coefficient (Wildman–Crippen LogP) is 3.90. The molecule has 0 amide bonds. The number of benzene rings is 2. The highest BCUT2D eigenvalue weighted by Crippen LogP contribution is 2.14. The van der Waals surface area contributed by atoms with Crippen LogP contribution in [-0.2, 0) is 6.42 Å². The number of halogens is 2. The van der Waals surface area contributed by atoms with E-state index in [4.69, 9.17) is 9.15 Å². The van der Waals surface area contributed by atoms with Gasteiger partial charge in [-0.05, 0) is 43.4 Å². The van der Waals surface area contributed by atoms with Gasteiger partial charge in [0, 0.05) is 6.07 Å². The van der Waals surface area contributed by atoms with Crippen LogP contribution in [-0.4, -0.2) is 16.4 Å². The smallest absolute Gasteiger partial charge is 0.444 e. The van der Waals surface area contributed by atoms with Crippen LogP contribution in [0.4, 0.5) is 8.78 Å². The van der Waals surface area contributed by atoms with Gasteiger partial charge in [-0.25, -0.2) is 13.6 Å². The van der Waals surface area contributed by atoms with Crippen molar-refractivity contribution in [3.63, 3.8) is 0 Å². The molecule has 0 spiro atoms. The molecular weight excluding hydrogens is 342 g/mol. The third-order valence-corrected chi connectivity index (χ3v) is 3.85. The summed E-state index contributed by atoms with van der Waals surface area (Å²) in [7, 11) is 0. The average Bonchev–Trinajstić information content (AvgIpc) is 2.99. The van der Waals surface area contributed by atoms with Crippen molar-refractivity contribution in [1.82, 2.24) is 9.78 Å². The molecule has 1 aromatic heterocycles. The van der Waals surface area contributed by atoms with E-state index in [1.165, 1.54) is 5.56 Å². The first kappa shape index (κ1) is 17.8. The fraction of sp³-hybridized carbons (Fsp3) is 0.263. The van der Waals surface area contributed by atoms with Gasteiger partial charge >= 0.3 is 11.8 Å². The van der Waals surface area contributed by atoms with Crippen LogP contribution < -0.4 is 10.5 Å². The highest BCUT2D eigenvalue weighted by molar-refractivity contribution is 5.32. The van der Waals surface area contributed by atoms with E-state index in [1.54, 1.807) is 0 Å². The Balaban J connectivity index is 1.48. The number of rotatable bonds is 8. The Bertz CT molecular complexity index is 907. The number of hydrogen-bond donors (Lipinski definition) is 0. The van der Waals surface area contributed by atoms with Crippen molar-refractivity contribution in [2.45, 2.75) is 25.7 Å². The predicted molar refractivity (Wildman–Crippen MR) is 91.5 cm³/mol. The zero-order valence-electron chi connectivity index (χ0n) is 14.0. The summed E-state index contributed by atoms with van der Waals surface area (Å²) in [5.41, 5.74) is 1.09. The molecule has 0 aliphatic rings. The summed E-state index contributed by atoms with van der Waals surface area (Å²) < 4.78 is 37.5. The van der Waals surface area contributed by atoms with Crippen molar-refractivity contribution in [3.8, 4) is 11.8 Å². The summed E-state index contributed by atoms with van der Waals surface area (Å²) in [4.78, 5) is 11.8. The first-order valence-corrected chi connectivity index (χ1v) is 8.36. The molecule has 0 saturated carbocycles. The third kappa shape index (κ3) is 4.56. The van der Waals surface area contributed by atoms with Gasteiger partial charge in [0.05, 0.1) is 6.61 Å². The van der Waals surface area contributed by atoms with Crippen molar-refractivity contribution in [2.24, 2.45) is 0 Å². The molecule has 0 unspecified atom stereocenters. The molecule has 2 aromatic carbocycles. The van der Waals surface area contributed by atoms with Crippen LogP contribution in [0.5, 0.6) is 6.08 Å². The first-order chi connectivity index (χ1) is 12.6. The summed E-state index contributed by atoms with van der Waals surface area (Å²) in [5, 5.41) is 3.79. The summed E-state index contributed by atoms with van der Waals surface area (Å²) in [6.45, 7) is 0.334. The van der Waals surface area contributed by atoms with Crippen LogP contribution in [0.3, 0.4) is 0 Å². The Hall–Kier alpha value is -2.96. The van der Waals surface area contributed by atoms with Gasteiger partial charge < -0.3 is 9.15 Å². The second kappa shape index (κ2) is 8.42. The van der Waals surface area contributed by atoms with Crippen LogP contribution in [0.25, 0.3) is 5.69 Å².